The number of aliphatic hydroxyl groups is 1. The Kier molecular flexibility index (Phi) is 3.48. The van der Waals surface area contributed by atoms with Gasteiger partial charge >= 0.3 is 0 Å². The second-order valence-corrected chi connectivity index (χ2v) is 7.59. The van der Waals surface area contributed by atoms with Crippen LogP contribution in [-0.4, -0.2) is 32.7 Å². The molecule has 3 rings (SSSR count). The SMILES string of the molecule is O=S(=O)(NC1CC1)c1ccccc1NCC1(CO)CC1. The van der Waals surface area contributed by atoms with Crippen LogP contribution in [0.3, 0.4) is 0 Å². The van der Waals surface area contributed by atoms with Gasteiger partial charge in [0.2, 0.25) is 10.0 Å². The molecule has 0 bridgehead atoms. The van der Waals surface area contributed by atoms with Gasteiger partial charge in [-0.2, -0.15) is 0 Å². The monoisotopic (exact) mass is 296 g/mol. The van der Waals surface area contributed by atoms with E-state index in [1.54, 1.807) is 18.2 Å². The number of benzene rings is 1. The molecule has 0 radical (unpaired) electrons. The summed E-state index contributed by atoms with van der Waals surface area (Å²) in [5.74, 6) is 0. The minimum Gasteiger partial charge on any atom is -0.396 e. The predicted molar refractivity (Wildman–Crippen MR) is 77.0 cm³/mol. The third-order valence-electron chi connectivity index (χ3n) is 4.02. The van der Waals surface area contributed by atoms with Crippen LogP contribution in [0.5, 0.6) is 0 Å². The predicted octanol–water partition coefficient (Wildman–Crippen LogP) is 1.31. The third kappa shape index (κ3) is 2.97. The van der Waals surface area contributed by atoms with Crippen molar-refractivity contribution in [3.63, 3.8) is 0 Å². The maximum absolute atomic E-state index is 12.3. The van der Waals surface area contributed by atoms with Gasteiger partial charge < -0.3 is 10.4 Å². The first-order valence-corrected chi connectivity index (χ1v) is 8.49. The smallest absolute Gasteiger partial charge is 0.242 e. The van der Waals surface area contributed by atoms with Crippen molar-refractivity contribution < 1.29 is 13.5 Å². The van der Waals surface area contributed by atoms with Crippen LogP contribution in [-0.2, 0) is 10.0 Å². The molecule has 0 unspecified atom stereocenters. The van der Waals surface area contributed by atoms with Crippen LogP contribution in [0.25, 0.3) is 0 Å². The molecule has 1 aromatic rings. The number of sulfonamides is 1. The van der Waals surface area contributed by atoms with Gasteiger partial charge in [0.05, 0.1) is 12.3 Å². The zero-order chi connectivity index (χ0) is 14.2. The topological polar surface area (TPSA) is 78.4 Å². The molecule has 3 N–H and O–H groups in total. The third-order valence-corrected chi connectivity index (χ3v) is 5.60. The highest BCUT2D eigenvalue weighted by Gasteiger charge is 2.42. The molecule has 2 aliphatic rings. The molecule has 20 heavy (non-hydrogen) atoms. The molecule has 0 aliphatic heterocycles. The summed E-state index contributed by atoms with van der Waals surface area (Å²) in [4.78, 5) is 0.292. The van der Waals surface area contributed by atoms with E-state index in [1.165, 1.54) is 0 Å². The first kappa shape index (κ1) is 13.9. The van der Waals surface area contributed by atoms with Gasteiger partial charge in [0.1, 0.15) is 4.90 Å². The van der Waals surface area contributed by atoms with Gasteiger partial charge in [0.25, 0.3) is 0 Å². The fraction of sp³-hybridized carbons (Fsp3) is 0.571. The molecule has 2 saturated carbocycles. The molecule has 0 saturated heterocycles. The highest BCUT2D eigenvalue weighted by atomic mass is 32.2. The van der Waals surface area contributed by atoms with Gasteiger partial charge in [0, 0.05) is 18.0 Å². The van der Waals surface area contributed by atoms with Crippen molar-refractivity contribution >= 4 is 15.7 Å². The fourth-order valence-electron chi connectivity index (χ4n) is 2.18. The van der Waals surface area contributed by atoms with Gasteiger partial charge in [0.15, 0.2) is 0 Å². The van der Waals surface area contributed by atoms with Crippen LogP contribution in [0, 0.1) is 5.41 Å². The zero-order valence-corrected chi connectivity index (χ0v) is 12.1. The van der Waals surface area contributed by atoms with Crippen molar-refractivity contribution in [2.24, 2.45) is 5.41 Å². The Hall–Kier alpha value is -1.11. The van der Waals surface area contributed by atoms with Crippen molar-refractivity contribution in [2.45, 2.75) is 36.6 Å². The second kappa shape index (κ2) is 5.02. The summed E-state index contributed by atoms with van der Waals surface area (Å²) in [5.41, 5.74) is 0.557. The van der Waals surface area contributed by atoms with Crippen molar-refractivity contribution in [2.75, 3.05) is 18.5 Å². The minimum absolute atomic E-state index is 0.0548. The quantitative estimate of drug-likeness (QED) is 0.709. The van der Waals surface area contributed by atoms with E-state index in [1.807, 2.05) is 6.07 Å². The lowest BCUT2D eigenvalue weighted by molar-refractivity contribution is 0.219. The van der Waals surface area contributed by atoms with E-state index in [9.17, 15) is 13.5 Å². The highest BCUT2D eigenvalue weighted by Crippen LogP contribution is 2.45. The standard InChI is InChI=1S/C14H20N2O3S/c17-10-14(7-8-14)9-15-12-3-1-2-4-13(12)20(18,19)16-11-5-6-11/h1-4,11,15-17H,5-10H2. The molecular weight excluding hydrogens is 276 g/mol. The number of anilines is 1. The first-order valence-electron chi connectivity index (χ1n) is 7.01. The number of hydrogen-bond donors (Lipinski definition) is 3. The Morgan fingerprint density at radius 3 is 2.55 bits per heavy atom. The van der Waals surface area contributed by atoms with Crippen LogP contribution >= 0.6 is 0 Å². The summed E-state index contributed by atoms with van der Waals surface area (Å²) in [5, 5.41) is 12.5. The molecule has 0 atom stereocenters. The minimum atomic E-state index is -3.46. The Balaban J connectivity index is 1.77. The molecule has 2 fully saturated rings. The summed E-state index contributed by atoms with van der Waals surface area (Å²) < 4.78 is 27.3. The summed E-state index contributed by atoms with van der Waals surface area (Å²) in [7, 11) is -3.46. The van der Waals surface area contributed by atoms with E-state index in [-0.39, 0.29) is 18.1 Å². The lowest BCUT2D eigenvalue weighted by atomic mass is 10.1. The number of hydrogen-bond acceptors (Lipinski definition) is 4. The summed E-state index contributed by atoms with van der Waals surface area (Å²) in [6.07, 6.45) is 3.82. The van der Waals surface area contributed by atoms with E-state index in [0.717, 1.165) is 25.7 Å². The van der Waals surface area contributed by atoms with Crippen LogP contribution < -0.4 is 10.0 Å². The Labute approximate surface area is 119 Å². The Bertz CT molecular complexity index is 592. The Morgan fingerprint density at radius 1 is 1.25 bits per heavy atom. The number of nitrogens with one attached hydrogen (secondary N) is 2. The van der Waals surface area contributed by atoms with E-state index in [4.69, 9.17) is 0 Å². The van der Waals surface area contributed by atoms with Crippen molar-refractivity contribution in [3.8, 4) is 0 Å². The molecule has 110 valence electrons. The number of aliphatic hydroxyl groups excluding tert-OH is 1. The summed E-state index contributed by atoms with van der Waals surface area (Å²) in [6, 6.07) is 7.03. The summed E-state index contributed by atoms with van der Waals surface area (Å²) in [6.45, 7) is 0.759. The van der Waals surface area contributed by atoms with Crippen molar-refractivity contribution in [3.05, 3.63) is 24.3 Å². The van der Waals surface area contributed by atoms with Gasteiger partial charge in [-0.1, -0.05) is 12.1 Å². The molecule has 0 heterocycles. The van der Waals surface area contributed by atoms with Crippen LogP contribution in [0.1, 0.15) is 25.7 Å². The van der Waals surface area contributed by atoms with Gasteiger partial charge in [-0.15, -0.1) is 0 Å². The average Bonchev–Trinajstić information content (AvgIpc) is 3.33. The fourth-order valence-corrected chi connectivity index (χ4v) is 3.67. The normalized spacial score (nSPS) is 20.6. The second-order valence-electron chi connectivity index (χ2n) is 5.90. The lowest BCUT2D eigenvalue weighted by Crippen LogP contribution is -2.27. The number of para-hydroxylation sites is 1. The molecule has 0 aromatic heterocycles. The molecule has 5 nitrogen and oxygen atoms in total. The zero-order valence-electron chi connectivity index (χ0n) is 11.3. The number of rotatable bonds is 7. The maximum atomic E-state index is 12.3. The lowest BCUT2D eigenvalue weighted by Gasteiger charge is -2.17. The van der Waals surface area contributed by atoms with Crippen molar-refractivity contribution in [1.29, 1.82) is 0 Å². The van der Waals surface area contributed by atoms with Gasteiger partial charge in [-0.3, -0.25) is 0 Å². The van der Waals surface area contributed by atoms with E-state index in [0.29, 0.717) is 17.1 Å². The molecular formula is C14H20N2O3S. The van der Waals surface area contributed by atoms with Crippen LogP contribution in [0.15, 0.2) is 29.2 Å². The first-order chi connectivity index (χ1) is 9.55. The molecule has 0 spiro atoms. The molecule has 1 aromatic carbocycles. The molecule has 0 amide bonds. The van der Waals surface area contributed by atoms with Gasteiger partial charge in [-0.25, -0.2) is 13.1 Å². The Morgan fingerprint density at radius 2 is 1.95 bits per heavy atom. The van der Waals surface area contributed by atoms with Crippen LogP contribution in [0.2, 0.25) is 0 Å². The van der Waals surface area contributed by atoms with E-state index < -0.39 is 10.0 Å². The van der Waals surface area contributed by atoms with Gasteiger partial charge in [-0.05, 0) is 37.8 Å². The van der Waals surface area contributed by atoms with E-state index in [2.05, 4.69) is 10.0 Å². The summed E-state index contributed by atoms with van der Waals surface area (Å²) >= 11 is 0. The van der Waals surface area contributed by atoms with Crippen molar-refractivity contribution in [1.82, 2.24) is 4.72 Å². The maximum Gasteiger partial charge on any atom is 0.242 e. The average molecular weight is 296 g/mol. The largest absolute Gasteiger partial charge is 0.396 e. The molecule has 2 aliphatic carbocycles. The molecule has 6 heteroatoms. The van der Waals surface area contributed by atoms with Crippen LogP contribution in [0.4, 0.5) is 5.69 Å². The highest BCUT2D eigenvalue weighted by molar-refractivity contribution is 7.89. The van der Waals surface area contributed by atoms with E-state index >= 15 is 0 Å².